The summed E-state index contributed by atoms with van der Waals surface area (Å²) in [5, 5.41) is 0. The Balaban J connectivity index is 1.51. The number of rotatable bonds is 1. The third kappa shape index (κ3) is 3.25. The van der Waals surface area contributed by atoms with Crippen LogP contribution in [0.4, 0.5) is 0 Å². The van der Waals surface area contributed by atoms with Gasteiger partial charge in [-0.25, -0.2) is 0 Å². The first-order valence-electron chi connectivity index (χ1n) is 9.49. The maximum Gasteiger partial charge on any atom is 0.253 e. The highest BCUT2D eigenvalue weighted by atomic mass is 16.5. The van der Waals surface area contributed by atoms with Crippen LogP contribution in [0, 0.1) is 0 Å². The van der Waals surface area contributed by atoms with Crippen LogP contribution in [0.1, 0.15) is 59.9 Å². The van der Waals surface area contributed by atoms with E-state index < -0.39 is 5.60 Å². The fourth-order valence-corrected chi connectivity index (χ4v) is 3.98. The molecule has 2 aromatic rings. The Morgan fingerprint density at radius 1 is 1.07 bits per heavy atom. The third-order valence-electron chi connectivity index (χ3n) is 5.60. The Morgan fingerprint density at radius 3 is 2.48 bits per heavy atom. The van der Waals surface area contributed by atoms with Gasteiger partial charge in [0.15, 0.2) is 5.78 Å². The third-order valence-corrected chi connectivity index (χ3v) is 5.60. The van der Waals surface area contributed by atoms with E-state index in [1.807, 2.05) is 47.4 Å². The highest BCUT2D eigenvalue weighted by Gasteiger charge is 2.47. The van der Waals surface area contributed by atoms with Gasteiger partial charge in [-0.3, -0.25) is 9.59 Å². The molecular weight excluding hydrogens is 338 g/mol. The van der Waals surface area contributed by atoms with Crippen molar-refractivity contribution in [2.45, 2.75) is 44.6 Å². The maximum atomic E-state index is 12.9. The summed E-state index contributed by atoms with van der Waals surface area (Å²) in [5.41, 5.74) is 2.00. The van der Waals surface area contributed by atoms with Crippen molar-refractivity contribution in [2.75, 3.05) is 13.1 Å². The van der Waals surface area contributed by atoms with Gasteiger partial charge in [-0.1, -0.05) is 45.0 Å². The van der Waals surface area contributed by atoms with Crippen molar-refractivity contribution < 1.29 is 14.3 Å². The SMILES string of the molecule is CC(C)(C)c1ccc(C(=O)N2CCC3(CC(=O)c4ccccc4O3)C2)cc1. The Bertz CT molecular complexity index is 895. The smallest absolute Gasteiger partial charge is 0.253 e. The van der Waals surface area contributed by atoms with Gasteiger partial charge >= 0.3 is 0 Å². The van der Waals surface area contributed by atoms with Gasteiger partial charge < -0.3 is 9.64 Å². The minimum absolute atomic E-state index is 0.00208. The Hall–Kier alpha value is -2.62. The van der Waals surface area contributed by atoms with Gasteiger partial charge in [0.25, 0.3) is 5.91 Å². The fourth-order valence-electron chi connectivity index (χ4n) is 3.98. The molecule has 1 amide bonds. The lowest BCUT2D eigenvalue weighted by Crippen LogP contribution is -2.45. The number of carbonyl (C=O) groups is 2. The number of carbonyl (C=O) groups excluding carboxylic acids is 2. The summed E-state index contributed by atoms with van der Waals surface area (Å²) in [6.45, 7) is 7.53. The molecule has 2 aromatic carbocycles. The van der Waals surface area contributed by atoms with Crippen LogP contribution in [0.15, 0.2) is 48.5 Å². The molecule has 0 bridgehead atoms. The van der Waals surface area contributed by atoms with E-state index in [1.165, 1.54) is 5.56 Å². The molecule has 27 heavy (non-hydrogen) atoms. The molecular formula is C23H25NO3. The lowest BCUT2D eigenvalue weighted by Gasteiger charge is -2.34. The molecule has 0 N–H and O–H groups in total. The normalized spacial score (nSPS) is 21.9. The number of hydrogen-bond donors (Lipinski definition) is 0. The predicted molar refractivity (Wildman–Crippen MR) is 104 cm³/mol. The quantitative estimate of drug-likeness (QED) is 0.761. The molecule has 0 radical (unpaired) electrons. The molecule has 1 spiro atoms. The van der Waals surface area contributed by atoms with E-state index in [0.717, 1.165) is 0 Å². The minimum atomic E-state index is -0.591. The zero-order chi connectivity index (χ0) is 19.2. The zero-order valence-corrected chi connectivity index (χ0v) is 16.1. The molecule has 2 aliphatic rings. The van der Waals surface area contributed by atoms with E-state index in [1.54, 1.807) is 6.07 Å². The molecule has 2 aliphatic heterocycles. The molecule has 4 rings (SSSR count). The monoisotopic (exact) mass is 363 g/mol. The lowest BCUT2D eigenvalue weighted by molar-refractivity contribution is 0.0428. The number of Topliss-reactive ketones (excluding diaryl/α,β-unsaturated/α-hetero) is 1. The molecule has 0 aromatic heterocycles. The molecule has 1 fully saturated rings. The first kappa shape index (κ1) is 17.8. The van der Waals surface area contributed by atoms with Crippen molar-refractivity contribution in [2.24, 2.45) is 0 Å². The molecule has 0 aliphatic carbocycles. The van der Waals surface area contributed by atoms with Crippen LogP contribution in [0.2, 0.25) is 0 Å². The summed E-state index contributed by atoms with van der Waals surface area (Å²) < 4.78 is 6.22. The van der Waals surface area contributed by atoms with Crippen molar-refractivity contribution in [3.8, 4) is 5.75 Å². The number of ether oxygens (including phenoxy) is 1. The van der Waals surface area contributed by atoms with Gasteiger partial charge in [0.1, 0.15) is 11.4 Å². The molecule has 1 saturated heterocycles. The lowest BCUT2D eigenvalue weighted by atomic mass is 9.86. The summed E-state index contributed by atoms with van der Waals surface area (Å²) in [7, 11) is 0. The van der Waals surface area contributed by atoms with Crippen LogP contribution >= 0.6 is 0 Å². The fraction of sp³-hybridized carbons (Fsp3) is 0.391. The molecule has 1 unspecified atom stereocenters. The van der Waals surface area contributed by atoms with E-state index in [-0.39, 0.29) is 17.1 Å². The van der Waals surface area contributed by atoms with Crippen molar-refractivity contribution in [1.82, 2.24) is 4.90 Å². The molecule has 1 atom stereocenters. The summed E-state index contributed by atoms with van der Waals surface area (Å²) in [6.07, 6.45) is 1.01. The first-order chi connectivity index (χ1) is 12.8. The van der Waals surface area contributed by atoms with Crippen LogP contribution in [-0.2, 0) is 5.41 Å². The van der Waals surface area contributed by atoms with Crippen molar-refractivity contribution in [3.05, 3.63) is 65.2 Å². The van der Waals surface area contributed by atoms with Crippen molar-refractivity contribution in [1.29, 1.82) is 0 Å². The topological polar surface area (TPSA) is 46.6 Å². The highest BCUT2D eigenvalue weighted by Crippen LogP contribution is 2.39. The maximum absolute atomic E-state index is 12.9. The first-order valence-corrected chi connectivity index (χ1v) is 9.49. The molecule has 4 heteroatoms. The van der Waals surface area contributed by atoms with Crippen LogP contribution in [0.25, 0.3) is 0 Å². The van der Waals surface area contributed by atoms with Gasteiger partial charge in [0.2, 0.25) is 0 Å². The van der Waals surface area contributed by atoms with Crippen molar-refractivity contribution >= 4 is 11.7 Å². The number of para-hydroxylation sites is 1. The largest absolute Gasteiger partial charge is 0.484 e. The van der Waals surface area contributed by atoms with E-state index in [2.05, 4.69) is 20.8 Å². The molecule has 4 nitrogen and oxygen atoms in total. The highest BCUT2D eigenvalue weighted by molar-refractivity contribution is 6.00. The number of likely N-dealkylation sites (tertiary alicyclic amines) is 1. The number of nitrogens with zero attached hydrogens (tertiary/aromatic N) is 1. The summed E-state index contributed by atoms with van der Waals surface area (Å²) in [5.74, 6) is 0.737. The van der Waals surface area contributed by atoms with E-state index >= 15 is 0 Å². The minimum Gasteiger partial charge on any atom is -0.484 e. The van der Waals surface area contributed by atoms with E-state index in [4.69, 9.17) is 4.74 Å². The average molecular weight is 363 g/mol. The summed E-state index contributed by atoms with van der Waals surface area (Å²) >= 11 is 0. The van der Waals surface area contributed by atoms with E-state index in [9.17, 15) is 9.59 Å². The van der Waals surface area contributed by atoms with Crippen LogP contribution in [0.5, 0.6) is 5.75 Å². The van der Waals surface area contributed by atoms with Crippen LogP contribution in [0.3, 0.4) is 0 Å². The molecule has 140 valence electrons. The van der Waals surface area contributed by atoms with Crippen LogP contribution in [-0.4, -0.2) is 35.3 Å². The van der Waals surface area contributed by atoms with Gasteiger partial charge in [0.05, 0.1) is 18.5 Å². The number of ketones is 1. The number of hydrogen-bond acceptors (Lipinski definition) is 3. The Morgan fingerprint density at radius 2 is 1.78 bits per heavy atom. The number of amides is 1. The van der Waals surface area contributed by atoms with Gasteiger partial charge in [-0.2, -0.15) is 0 Å². The second-order valence-corrected chi connectivity index (χ2v) is 8.69. The standard InChI is InChI=1S/C23H25NO3/c1-22(2,3)17-10-8-16(9-11-17)21(26)24-13-12-23(15-24)14-19(25)18-6-4-5-7-20(18)27-23/h4-11H,12-15H2,1-3H3. The molecule has 2 heterocycles. The summed E-state index contributed by atoms with van der Waals surface area (Å²) in [6, 6.07) is 15.2. The Labute approximate surface area is 160 Å². The average Bonchev–Trinajstić information content (AvgIpc) is 3.03. The second-order valence-electron chi connectivity index (χ2n) is 8.69. The number of fused-ring (bicyclic) bond motifs is 1. The zero-order valence-electron chi connectivity index (χ0n) is 16.1. The Kier molecular flexibility index (Phi) is 4.10. The van der Waals surface area contributed by atoms with E-state index in [0.29, 0.717) is 42.8 Å². The van der Waals surface area contributed by atoms with Crippen LogP contribution < -0.4 is 4.74 Å². The van der Waals surface area contributed by atoms with Gasteiger partial charge in [-0.05, 0) is 35.2 Å². The second kappa shape index (κ2) is 6.22. The van der Waals surface area contributed by atoms with Crippen molar-refractivity contribution in [3.63, 3.8) is 0 Å². The summed E-state index contributed by atoms with van der Waals surface area (Å²) in [4.78, 5) is 27.3. The van der Waals surface area contributed by atoms with Gasteiger partial charge in [0, 0.05) is 18.5 Å². The predicted octanol–water partition coefficient (Wildman–Crippen LogP) is 4.23. The number of benzene rings is 2. The van der Waals surface area contributed by atoms with Gasteiger partial charge in [-0.15, -0.1) is 0 Å². The molecule has 0 saturated carbocycles.